The summed E-state index contributed by atoms with van der Waals surface area (Å²) in [5.74, 6) is 0. The molecule has 0 aliphatic carbocycles. The fourth-order valence-electron chi connectivity index (χ4n) is 1.76. The normalized spacial score (nSPS) is 14.7. The summed E-state index contributed by atoms with van der Waals surface area (Å²) >= 11 is 3.17. The van der Waals surface area contributed by atoms with Gasteiger partial charge in [-0.3, -0.25) is 0 Å². The Morgan fingerprint density at radius 1 is 1.06 bits per heavy atom. The second-order valence-electron chi connectivity index (χ2n) is 4.51. The van der Waals surface area contributed by atoms with Crippen LogP contribution in [0.25, 0.3) is 0 Å². The van der Waals surface area contributed by atoms with E-state index in [1.807, 2.05) is 0 Å². The van der Waals surface area contributed by atoms with Crippen LogP contribution < -0.4 is 0 Å². The smallest absolute Gasteiger partial charge is 0.126 e. The Kier molecular flexibility index (Phi) is 10.3. The van der Waals surface area contributed by atoms with Gasteiger partial charge in [0.05, 0.1) is 0 Å². The molecule has 1 N–H and O–H groups in total. The van der Waals surface area contributed by atoms with Crippen LogP contribution in [0.3, 0.4) is 0 Å². The average Bonchev–Trinajstić information content (AvgIpc) is 2.22. The summed E-state index contributed by atoms with van der Waals surface area (Å²) in [6, 6.07) is 0. The van der Waals surface area contributed by atoms with Gasteiger partial charge in [-0.1, -0.05) is 67.8 Å². The molecule has 0 spiro atoms. The van der Waals surface area contributed by atoms with Gasteiger partial charge in [-0.2, -0.15) is 0 Å². The predicted molar refractivity (Wildman–Crippen MR) is 71.8 cm³/mol. The third kappa shape index (κ3) is 10.6. The first-order chi connectivity index (χ1) is 7.62. The summed E-state index contributed by atoms with van der Waals surface area (Å²) in [4.78, 5) is 10.3. The molecule has 0 radical (unpaired) electrons. The van der Waals surface area contributed by atoms with Gasteiger partial charge in [0, 0.05) is 6.42 Å². The van der Waals surface area contributed by atoms with Crippen molar-refractivity contribution in [3.05, 3.63) is 0 Å². The molecule has 16 heavy (non-hydrogen) atoms. The Balaban J connectivity index is 3.23. The molecule has 2 nitrogen and oxygen atoms in total. The summed E-state index contributed by atoms with van der Waals surface area (Å²) in [6.45, 7) is 2.23. The minimum atomic E-state index is -0.961. The van der Waals surface area contributed by atoms with E-state index in [1.54, 1.807) is 0 Å². The Morgan fingerprint density at radius 2 is 1.56 bits per heavy atom. The second-order valence-corrected chi connectivity index (χ2v) is 5.99. The molecule has 1 unspecified atom stereocenters. The maximum Gasteiger partial charge on any atom is 0.126 e. The minimum absolute atomic E-state index is 0.184. The van der Waals surface area contributed by atoms with Crippen molar-refractivity contribution in [2.24, 2.45) is 0 Å². The van der Waals surface area contributed by atoms with E-state index in [-0.39, 0.29) is 6.42 Å². The van der Waals surface area contributed by atoms with E-state index in [0.29, 0.717) is 6.42 Å². The molecule has 0 aromatic rings. The van der Waals surface area contributed by atoms with Gasteiger partial charge in [-0.25, -0.2) is 0 Å². The number of aldehydes is 1. The van der Waals surface area contributed by atoms with Gasteiger partial charge in [0.1, 0.15) is 10.8 Å². The minimum Gasteiger partial charge on any atom is -0.378 e. The van der Waals surface area contributed by atoms with E-state index < -0.39 is 4.51 Å². The van der Waals surface area contributed by atoms with Gasteiger partial charge in [0.15, 0.2) is 0 Å². The van der Waals surface area contributed by atoms with Crippen LogP contribution in [0.1, 0.15) is 71.1 Å². The third-order valence-corrected chi connectivity index (χ3v) is 3.53. The third-order valence-electron chi connectivity index (χ3n) is 2.81. The number of alkyl halides is 1. The Labute approximate surface area is 108 Å². The summed E-state index contributed by atoms with van der Waals surface area (Å²) in [7, 11) is 0. The lowest BCUT2D eigenvalue weighted by Gasteiger charge is -2.17. The number of carbonyl (C=O) groups is 1. The number of aliphatic hydroxyl groups is 1. The molecule has 1 atom stereocenters. The molecule has 0 aromatic carbocycles. The Bertz CT molecular complexity index is 169. The fraction of sp³-hybridized carbons (Fsp3) is 0.923. The molecule has 96 valence electrons. The Morgan fingerprint density at radius 3 is 2.06 bits per heavy atom. The highest BCUT2D eigenvalue weighted by Crippen LogP contribution is 2.25. The van der Waals surface area contributed by atoms with E-state index in [4.69, 9.17) is 0 Å². The van der Waals surface area contributed by atoms with Crippen LogP contribution in [-0.2, 0) is 4.79 Å². The average molecular weight is 293 g/mol. The number of unbranched alkanes of at least 4 members (excludes halogenated alkanes) is 7. The first-order valence-corrected chi connectivity index (χ1v) is 7.26. The first-order valence-electron chi connectivity index (χ1n) is 6.47. The van der Waals surface area contributed by atoms with Crippen LogP contribution in [0.15, 0.2) is 0 Å². The quantitative estimate of drug-likeness (QED) is 0.352. The van der Waals surface area contributed by atoms with Gasteiger partial charge in [-0.05, 0) is 12.8 Å². The molecule has 0 aliphatic rings. The largest absolute Gasteiger partial charge is 0.378 e. The lowest BCUT2D eigenvalue weighted by molar-refractivity contribution is -0.110. The monoisotopic (exact) mass is 292 g/mol. The van der Waals surface area contributed by atoms with Crippen LogP contribution >= 0.6 is 15.9 Å². The second kappa shape index (κ2) is 10.3. The van der Waals surface area contributed by atoms with E-state index >= 15 is 0 Å². The van der Waals surface area contributed by atoms with E-state index in [9.17, 15) is 9.90 Å². The highest BCUT2D eigenvalue weighted by atomic mass is 79.9. The van der Waals surface area contributed by atoms with Crippen LogP contribution in [0, 0.1) is 0 Å². The van der Waals surface area contributed by atoms with Crippen molar-refractivity contribution in [2.75, 3.05) is 0 Å². The van der Waals surface area contributed by atoms with E-state index in [1.165, 1.54) is 38.5 Å². The molecule has 0 aromatic heterocycles. The van der Waals surface area contributed by atoms with Crippen LogP contribution in [0.5, 0.6) is 0 Å². The van der Waals surface area contributed by atoms with Crippen LogP contribution in [-0.4, -0.2) is 15.9 Å². The van der Waals surface area contributed by atoms with Crippen LogP contribution in [0.2, 0.25) is 0 Å². The number of hydrogen-bond donors (Lipinski definition) is 1. The van der Waals surface area contributed by atoms with Crippen molar-refractivity contribution < 1.29 is 9.90 Å². The summed E-state index contributed by atoms with van der Waals surface area (Å²) in [6.07, 6.45) is 11.6. The summed E-state index contributed by atoms with van der Waals surface area (Å²) < 4.78 is -0.961. The molecule has 0 heterocycles. The zero-order valence-electron chi connectivity index (χ0n) is 10.4. The zero-order chi connectivity index (χ0) is 12.3. The molecule has 0 fully saturated rings. The predicted octanol–water partition coefficient (Wildman–Crippen LogP) is 4.19. The van der Waals surface area contributed by atoms with Gasteiger partial charge in [-0.15, -0.1) is 0 Å². The van der Waals surface area contributed by atoms with Crippen molar-refractivity contribution >= 4 is 22.2 Å². The maximum absolute atomic E-state index is 10.3. The lowest BCUT2D eigenvalue weighted by atomic mass is 10.0. The van der Waals surface area contributed by atoms with Gasteiger partial charge in [0.2, 0.25) is 0 Å². The fourth-order valence-corrected chi connectivity index (χ4v) is 2.17. The standard InChI is InChI=1S/C13H25BrO2/c1-2-3-4-5-6-7-8-9-10-13(14,16)11-12-15/h12,16H,2-11H2,1H3. The van der Waals surface area contributed by atoms with Gasteiger partial charge < -0.3 is 9.90 Å². The highest BCUT2D eigenvalue weighted by molar-refractivity contribution is 9.10. The molecule has 0 saturated carbocycles. The van der Waals surface area contributed by atoms with E-state index in [0.717, 1.165) is 19.1 Å². The summed E-state index contributed by atoms with van der Waals surface area (Å²) in [5, 5.41) is 9.67. The topological polar surface area (TPSA) is 37.3 Å². The summed E-state index contributed by atoms with van der Waals surface area (Å²) in [5.41, 5.74) is 0. The molecule has 0 amide bonds. The number of halogens is 1. The van der Waals surface area contributed by atoms with Gasteiger partial charge in [0.25, 0.3) is 0 Å². The maximum atomic E-state index is 10.3. The van der Waals surface area contributed by atoms with Crippen molar-refractivity contribution in [3.63, 3.8) is 0 Å². The number of hydrogen-bond acceptors (Lipinski definition) is 2. The molecule has 0 aliphatic heterocycles. The van der Waals surface area contributed by atoms with E-state index in [2.05, 4.69) is 22.9 Å². The molecular weight excluding hydrogens is 268 g/mol. The van der Waals surface area contributed by atoms with Crippen molar-refractivity contribution in [3.8, 4) is 0 Å². The highest BCUT2D eigenvalue weighted by Gasteiger charge is 2.20. The molecular formula is C13H25BrO2. The zero-order valence-corrected chi connectivity index (χ0v) is 12.0. The first kappa shape index (κ1) is 16.1. The van der Waals surface area contributed by atoms with Gasteiger partial charge >= 0.3 is 0 Å². The van der Waals surface area contributed by atoms with Crippen molar-refractivity contribution in [1.82, 2.24) is 0 Å². The molecule has 0 rings (SSSR count). The molecule has 0 bridgehead atoms. The molecule has 3 heteroatoms. The van der Waals surface area contributed by atoms with Crippen LogP contribution in [0.4, 0.5) is 0 Å². The van der Waals surface area contributed by atoms with Crippen molar-refractivity contribution in [1.29, 1.82) is 0 Å². The molecule has 0 saturated heterocycles. The van der Waals surface area contributed by atoms with Crippen molar-refractivity contribution in [2.45, 2.75) is 75.6 Å². The lowest BCUT2D eigenvalue weighted by Crippen LogP contribution is -2.19. The number of carbonyl (C=O) groups excluding carboxylic acids is 1. The Hall–Kier alpha value is 0.110. The SMILES string of the molecule is CCCCCCCCCCC(O)(Br)CC=O. The number of rotatable bonds is 11.